The van der Waals surface area contributed by atoms with Gasteiger partial charge in [0.2, 0.25) is 0 Å². The maximum Gasteiger partial charge on any atom is 0.113 e. The molecule has 1 fully saturated rings. The van der Waals surface area contributed by atoms with Crippen molar-refractivity contribution in [3.8, 4) is 0 Å². The first-order valence-electron chi connectivity index (χ1n) is 5.46. The molecule has 2 heterocycles. The predicted octanol–water partition coefficient (Wildman–Crippen LogP) is 1.59. The molecule has 1 saturated heterocycles. The van der Waals surface area contributed by atoms with E-state index in [-0.39, 0.29) is 5.54 Å². The summed E-state index contributed by atoms with van der Waals surface area (Å²) in [7, 11) is 4.24. The predicted molar refractivity (Wildman–Crippen MR) is 64.3 cm³/mol. The Bertz CT molecular complexity index is 326. The van der Waals surface area contributed by atoms with Crippen LogP contribution < -0.4 is 5.32 Å². The van der Waals surface area contributed by atoms with Crippen molar-refractivity contribution in [3.05, 3.63) is 16.1 Å². The second-order valence-electron chi connectivity index (χ2n) is 4.43. The molecule has 0 atom stereocenters. The summed E-state index contributed by atoms with van der Waals surface area (Å²) in [5.41, 5.74) is 1.27. The molecule has 2 rings (SSSR count). The van der Waals surface area contributed by atoms with Crippen LogP contribution in [-0.4, -0.2) is 37.1 Å². The summed E-state index contributed by atoms with van der Waals surface area (Å²) in [6.07, 6.45) is 2.32. The quantitative estimate of drug-likeness (QED) is 0.828. The molecule has 0 amide bonds. The fourth-order valence-electron chi connectivity index (χ4n) is 2.14. The van der Waals surface area contributed by atoms with Gasteiger partial charge in [-0.15, -0.1) is 11.3 Å². The van der Waals surface area contributed by atoms with E-state index in [9.17, 15) is 0 Å². The Labute approximate surface area is 95.5 Å². The molecule has 0 aromatic carbocycles. The summed E-state index contributed by atoms with van der Waals surface area (Å²) in [6.45, 7) is 4.37. The SMILES string of the molecule is CNC1(c2nc(C)cs2)CCN(C)CC1. The van der Waals surface area contributed by atoms with Crippen LogP contribution in [0.2, 0.25) is 0 Å². The summed E-state index contributed by atoms with van der Waals surface area (Å²) in [5, 5.41) is 6.89. The van der Waals surface area contributed by atoms with Gasteiger partial charge in [0.25, 0.3) is 0 Å². The van der Waals surface area contributed by atoms with Crippen LogP contribution in [0.25, 0.3) is 0 Å². The van der Waals surface area contributed by atoms with Gasteiger partial charge in [0.1, 0.15) is 5.01 Å². The zero-order chi connectivity index (χ0) is 10.9. The number of hydrogen-bond donors (Lipinski definition) is 1. The first-order chi connectivity index (χ1) is 7.16. The van der Waals surface area contributed by atoms with E-state index in [2.05, 4.69) is 41.6 Å². The Balaban J connectivity index is 2.22. The number of likely N-dealkylation sites (tertiary alicyclic amines) is 1. The number of rotatable bonds is 2. The molecule has 3 nitrogen and oxygen atoms in total. The molecule has 1 N–H and O–H groups in total. The van der Waals surface area contributed by atoms with Gasteiger partial charge in [-0.2, -0.15) is 0 Å². The zero-order valence-corrected chi connectivity index (χ0v) is 10.5. The number of aryl methyl sites for hydroxylation is 1. The van der Waals surface area contributed by atoms with E-state index in [0.29, 0.717) is 0 Å². The molecule has 0 aliphatic carbocycles. The highest BCUT2D eigenvalue weighted by Crippen LogP contribution is 2.33. The second-order valence-corrected chi connectivity index (χ2v) is 5.29. The minimum atomic E-state index is 0.130. The minimum Gasteiger partial charge on any atom is -0.308 e. The van der Waals surface area contributed by atoms with Gasteiger partial charge in [-0.1, -0.05) is 0 Å². The highest BCUT2D eigenvalue weighted by Gasteiger charge is 2.36. The number of hydrogen-bond acceptors (Lipinski definition) is 4. The Hall–Kier alpha value is -0.450. The highest BCUT2D eigenvalue weighted by molar-refractivity contribution is 7.09. The topological polar surface area (TPSA) is 28.2 Å². The van der Waals surface area contributed by atoms with Crippen molar-refractivity contribution in [2.45, 2.75) is 25.3 Å². The average molecular weight is 225 g/mol. The van der Waals surface area contributed by atoms with Crippen molar-refractivity contribution < 1.29 is 0 Å². The monoisotopic (exact) mass is 225 g/mol. The van der Waals surface area contributed by atoms with Gasteiger partial charge >= 0.3 is 0 Å². The summed E-state index contributed by atoms with van der Waals surface area (Å²) < 4.78 is 0. The molecule has 1 aromatic heterocycles. The minimum absolute atomic E-state index is 0.130. The maximum absolute atomic E-state index is 4.64. The molecule has 0 unspecified atom stereocenters. The van der Waals surface area contributed by atoms with Gasteiger partial charge in [0.15, 0.2) is 0 Å². The van der Waals surface area contributed by atoms with Crippen LogP contribution in [0.4, 0.5) is 0 Å². The number of aromatic nitrogens is 1. The molecule has 0 radical (unpaired) electrons. The summed E-state index contributed by atoms with van der Waals surface area (Å²) in [5.74, 6) is 0. The molecule has 0 bridgehead atoms. The van der Waals surface area contributed by atoms with E-state index in [0.717, 1.165) is 31.6 Å². The van der Waals surface area contributed by atoms with Gasteiger partial charge in [0.05, 0.1) is 5.54 Å². The zero-order valence-electron chi connectivity index (χ0n) is 9.71. The lowest BCUT2D eigenvalue weighted by molar-refractivity contribution is 0.164. The standard InChI is InChI=1S/C11H19N3S/c1-9-8-15-10(13-9)11(12-2)4-6-14(3)7-5-11/h8,12H,4-7H2,1-3H3. The first-order valence-corrected chi connectivity index (χ1v) is 6.34. The maximum atomic E-state index is 4.64. The van der Waals surface area contributed by atoms with E-state index in [1.807, 2.05) is 0 Å². The third kappa shape index (κ3) is 2.07. The number of nitrogens with zero attached hydrogens (tertiary/aromatic N) is 2. The Kier molecular flexibility index (Phi) is 3.09. The fourth-order valence-corrected chi connectivity index (χ4v) is 3.21. The van der Waals surface area contributed by atoms with Gasteiger partial charge < -0.3 is 10.2 Å². The van der Waals surface area contributed by atoms with Crippen molar-refractivity contribution >= 4 is 11.3 Å². The largest absolute Gasteiger partial charge is 0.308 e. The number of nitrogens with one attached hydrogen (secondary N) is 1. The number of thiazole rings is 1. The molecule has 0 spiro atoms. The first kappa shape index (κ1) is 11.0. The highest BCUT2D eigenvalue weighted by atomic mass is 32.1. The molecule has 1 aliphatic heterocycles. The molecule has 84 valence electrons. The fraction of sp³-hybridized carbons (Fsp3) is 0.727. The number of piperidine rings is 1. The van der Waals surface area contributed by atoms with E-state index in [4.69, 9.17) is 0 Å². The van der Waals surface area contributed by atoms with Crippen LogP contribution >= 0.6 is 11.3 Å². The van der Waals surface area contributed by atoms with Crippen molar-refractivity contribution in [1.82, 2.24) is 15.2 Å². The van der Waals surface area contributed by atoms with Crippen molar-refractivity contribution in [2.24, 2.45) is 0 Å². The molecular formula is C11H19N3S. The van der Waals surface area contributed by atoms with Crippen LogP contribution in [0.5, 0.6) is 0 Å². The third-order valence-electron chi connectivity index (χ3n) is 3.35. The average Bonchev–Trinajstić information content (AvgIpc) is 2.67. The lowest BCUT2D eigenvalue weighted by Gasteiger charge is -2.39. The Morgan fingerprint density at radius 3 is 2.60 bits per heavy atom. The molecule has 15 heavy (non-hydrogen) atoms. The molecule has 1 aliphatic rings. The van der Waals surface area contributed by atoms with Crippen LogP contribution in [-0.2, 0) is 5.54 Å². The smallest absolute Gasteiger partial charge is 0.113 e. The van der Waals surface area contributed by atoms with Gasteiger partial charge in [-0.25, -0.2) is 4.98 Å². The van der Waals surface area contributed by atoms with E-state index in [1.54, 1.807) is 11.3 Å². The Morgan fingerprint density at radius 1 is 1.47 bits per heavy atom. The molecular weight excluding hydrogens is 206 g/mol. The lowest BCUT2D eigenvalue weighted by atomic mass is 9.88. The Morgan fingerprint density at radius 2 is 2.13 bits per heavy atom. The van der Waals surface area contributed by atoms with Crippen LogP contribution in [0, 0.1) is 6.92 Å². The van der Waals surface area contributed by atoms with Gasteiger partial charge in [0, 0.05) is 24.2 Å². The summed E-state index contributed by atoms with van der Waals surface area (Å²) in [4.78, 5) is 7.02. The summed E-state index contributed by atoms with van der Waals surface area (Å²) >= 11 is 1.79. The molecule has 4 heteroatoms. The van der Waals surface area contributed by atoms with E-state index in [1.165, 1.54) is 5.01 Å². The molecule has 1 aromatic rings. The van der Waals surface area contributed by atoms with Gasteiger partial charge in [-0.05, 0) is 33.9 Å². The van der Waals surface area contributed by atoms with E-state index < -0.39 is 0 Å². The summed E-state index contributed by atoms with van der Waals surface area (Å²) in [6, 6.07) is 0. The van der Waals surface area contributed by atoms with Crippen LogP contribution in [0.1, 0.15) is 23.5 Å². The van der Waals surface area contributed by atoms with Crippen LogP contribution in [0.15, 0.2) is 5.38 Å². The van der Waals surface area contributed by atoms with E-state index >= 15 is 0 Å². The second kappa shape index (κ2) is 4.20. The third-order valence-corrected chi connectivity index (χ3v) is 4.51. The van der Waals surface area contributed by atoms with Crippen molar-refractivity contribution in [3.63, 3.8) is 0 Å². The normalized spacial score (nSPS) is 21.8. The molecule has 0 saturated carbocycles. The van der Waals surface area contributed by atoms with Gasteiger partial charge in [-0.3, -0.25) is 0 Å². The lowest BCUT2D eigenvalue weighted by Crippen LogP contribution is -2.48. The van der Waals surface area contributed by atoms with Crippen molar-refractivity contribution in [1.29, 1.82) is 0 Å². The van der Waals surface area contributed by atoms with Crippen LogP contribution in [0.3, 0.4) is 0 Å². The van der Waals surface area contributed by atoms with Crippen molar-refractivity contribution in [2.75, 3.05) is 27.2 Å².